The first-order valence-electron chi connectivity index (χ1n) is 28.4. The normalized spacial score (nSPS) is 12.6. The second-order valence-corrected chi connectivity index (χ2v) is 18.8. The zero-order valence-corrected chi connectivity index (χ0v) is 44.2. The van der Waals surface area contributed by atoms with Crippen molar-refractivity contribution in [2.75, 3.05) is 13.2 Å². The molecule has 386 valence electrons. The first-order chi connectivity index (χ1) is 33.0. The first-order valence-corrected chi connectivity index (χ1v) is 28.4. The first kappa shape index (κ1) is 63.8. The van der Waals surface area contributed by atoms with Gasteiger partial charge < -0.3 is 14.2 Å². The molecule has 0 aromatic heterocycles. The van der Waals surface area contributed by atoms with Crippen molar-refractivity contribution in [2.24, 2.45) is 0 Å². The predicted molar refractivity (Wildman–Crippen MR) is 288 cm³/mol. The fourth-order valence-electron chi connectivity index (χ4n) is 7.98. The Hall–Kier alpha value is -3.15. The van der Waals surface area contributed by atoms with Gasteiger partial charge in [-0.15, -0.1) is 0 Å². The maximum atomic E-state index is 12.8. The highest BCUT2D eigenvalue weighted by Gasteiger charge is 2.19. The fourth-order valence-corrected chi connectivity index (χ4v) is 7.98. The minimum Gasteiger partial charge on any atom is -0.462 e. The number of unbranched alkanes of at least 4 members (excludes halogenated alkanes) is 28. The van der Waals surface area contributed by atoms with Gasteiger partial charge in [0.25, 0.3) is 0 Å². The van der Waals surface area contributed by atoms with Crippen LogP contribution in [0, 0.1) is 0 Å². The van der Waals surface area contributed by atoms with E-state index in [4.69, 9.17) is 14.2 Å². The molecular formula is C61H106O6. The lowest BCUT2D eigenvalue weighted by Gasteiger charge is -2.18. The molecule has 0 heterocycles. The Morgan fingerprint density at radius 3 is 0.910 bits per heavy atom. The van der Waals surface area contributed by atoms with Crippen LogP contribution in [0.3, 0.4) is 0 Å². The Balaban J connectivity index is 4.41. The summed E-state index contributed by atoms with van der Waals surface area (Å²) in [6, 6.07) is 0. The molecule has 0 saturated heterocycles. The monoisotopic (exact) mass is 935 g/mol. The third kappa shape index (κ3) is 53.7. The molecule has 0 fully saturated rings. The number of carbonyl (C=O) groups is 3. The van der Waals surface area contributed by atoms with Crippen molar-refractivity contribution in [3.8, 4) is 0 Å². The fraction of sp³-hybridized carbons (Fsp3) is 0.754. The number of esters is 3. The molecule has 0 aliphatic rings. The molecule has 67 heavy (non-hydrogen) atoms. The van der Waals surface area contributed by atoms with Crippen LogP contribution in [0.1, 0.15) is 278 Å². The predicted octanol–water partition coefficient (Wildman–Crippen LogP) is 19.0. The largest absolute Gasteiger partial charge is 0.462 e. The molecule has 0 aliphatic heterocycles. The van der Waals surface area contributed by atoms with Crippen LogP contribution in [-0.4, -0.2) is 37.2 Å². The summed E-state index contributed by atoms with van der Waals surface area (Å²) in [7, 11) is 0. The van der Waals surface area contributed by atoms with Gasteiger partial charge in [0.15, 0.2) is 6.10 Å². The smallest absolute Gasteiger partial charge is 0.306 e. The summed E-state index contributed by atoms with van der Waals surface area (Å²) >= 11 is 0. The molecular weight excluding hydrogens is 829 g/mol. The molecule has 0 radical (unpaired) electrons. The highest BCUT2D eigenvalue weighted by atomic mass is 16.6. The van der Waals surface area contributed by atoms with Crippen LogP contribution in [0.5, 0.6) is 0 Å². The average Bonchev–Trinajstić information content (AvgIpc) is 3.33. The summed E-state index contributed by atoms with van der Waals surface area (Å²) in [6.45, 7) is 6.51. The quantitative estimate of drug-likeness (QED) is 0.0262. The van der Waals surface area contributed by atoms with Gasteiger partial charge in [0.1, 0.15) is 13.2 Å². The van der Waals surface area contributed by atoms with Gasteiger partial charge in [0, 0.05) is 19.3 Å². The number of rotatable bonds is 51. The molecule has 1 unspecified atom stereocenters. The number of hydrogen-bond acceptors (Lipinski definition) is 6. The minimum absolute atomic E-state index is 0.0856. The van der Waals surface area contributed by atoms with Crippen molar-refractivity contribution in [1.29, 1.82) is 0 Å². The van der Waals surface area contributed by atoms with E-state index in [2.05, 4.69) is 93.7 Å². The Labute approximate surface area is 414 Å². The molecule has 0 rings (SSSR count). The summed E-state index contributed by atoms with van der Waals surface area (Å²) in [5.41, 5.74) is 0. The summed E-state index contributed by atoms with van der Waals surface area (Å²) < 4.78 is 16.8. The standard InChI is InChI=1S/C61H106O6/c1-4-7-10-13-16-19-22-25-27-29-30-31-32-33-35-36-39-42-45-48-51-54-60(63)66-57-58(56-65-59(62)53-50-47-44-41-38-24-21-18-15-12-9-6-3)67-61(64)55-52-49-46-43-40-37-34-28-26-23-20-17-14-11-8-5-2/h7,10,16,19,25,27,30-31,33,35,39,42,58H,4-6,8-9,11-15,17-18,20-24,26,28-29,32,34,36-38,40-41,43-57H2,1-3H3/b10-7-,19-16-,27-25-,31-30-,35-33-,42-39-. The van der Waals surface area contributed by atoms with Crippen molar-refractivity contribution in [2.45, 2.75) is 284 Å². The van der Waals surface area contributed by atoms with E-state index < -0.39 is 6.10 Å². The van der Waals surface area contributed by atoms with E-state index in [9.17, 15) is 14.4 Å². The van der Waals surface area contributed by atoms with E-state index in [0.29, 0.717) is 19.3 Å². The van der Waals surface area contributed by atoms with Gasteiger partial charge in [-0.25, -0.2) is 0 Å². The van der Waals surface area contributed by atoms with Gasteiger partial charge >= 0.3 is 17.9 Å². The summed E-state index contributed by atoms with van der Waals surface area (Å²) in [5.74, 6) is -0.920. The average molecular weight is 936 g/mol. The summed E-state index contributed by atoms with van der Waals surface area (Å²) in [6.07, 6.45) is 70.3. The van der Waals surface area contributed by atoms with E-state index in [-0.39, 0.29) is 31.1 Å². The van der Waals surface area contributed by atoms with E-state index >= 15 is 0 Å². The SMILES string of the molecule is CC/C=C\C/C=C\C/C=C\C/C=C\C/C=C\C/C=C\CCCCC(=O)OCC(COC(=O)CCCCCCCCCCCCCC)OC(=O)CCCCCCCCCCCCCCCCCC. The second-order valence-electron chi connectivity index (χ2n) is 18.8. The zero-order valence-electron chi connectivity index (χ0n) is 44.2. The van der Waals surface area contributed by atoms with Crippen molar-refractivity contribution in [1.82, 2.24) is 0 Å². The van der Waals surface area contributed by atoms with Gasteiger partial charge in [-0.2, -0.15) is 0 Å². The highest BCUT2D eigenvalue weighted by Crippen LogP contribution is 2.16. The van der Waals surface area contributed by atoms with Gasteiger partial charge in [0.05, 0.1) is 0 Å². The summed E-state index contributed by atoms with van der Waals surface area (Å²) in [5, 5.41) is 0. The van der Waals surface area contributed by atoms with Gasteiger partial charge in [-0.3, -0.25) is 14.4 Å². The van der Waals surface area contributed by atoms with Gasteiger partial charge in [0.2, 0.25) is 0 Å². The Morgan fingerprint density at radius 2 is 0.582 bits per heavy atom. The van der Waals surface area contributed by atoms with Crippen LogP contribution in [-0.2, 0) is 28.6 Å². The van der Waals surface area contributed by atoms with E-state index in [1.54, 1.807) is 0 Å². The van der Waals surface area contributed by atoms with Crippen LogP contribution in [0.25, 0.3) is 0 Å². The van der Waals surface area contributed by atoms with Gasteiger partial charge in [-0.05, 0) is 70.6 Å². The third-order valence-corrected chi connectivity index (χ3v) is 12.2. The lowest BCUT2D eigenvalue weighted by Crippen LogP contribution is -2.30. The lowest BCUT2D eigenvalue weighted by molar-refractivity contribution is -0.167. The van der Waals surface area contributed by atoms with Crippen LogP contribution < -0.4 is 0 Å². The molecule has 0 aliphatic carbocycles. The zero-order chi connectivity index (χ0) is 48.6. The van der Waals surface area contributed by atoms with Crippen molar-refractivity contribution in [3.63, 3.8) is 0 Å². The minimum atomic E-state index is -0.790. The van der Waals surface area contributed by atoms with Crippen molar-refractivity contribution < 1.29 is 28.6 Å². The van der Waals surface area contributed by atoms with Crippen LogP contribution >= 0.6 is 0 Å². The molecule has 0 spiro atoms. The Morgan fingerprint density at radius 1 is 0.313 bits per heavy atom. The van der Waals surface area contributed by atoms with Crippen LogP contribution in [0.2, 0.25) is 0 Å². The van der Waals surface area contributed by atoms with Crippen LogP contribution in [0.15, 0.2) is 72.9 Å². The number of allylic oxidation sites excluding steroid dienone is 12. The molecule has 0 aromatic carbocycles. The van der Waals surface area contributed by atoms with Crippen molar-refractivity contribution in [3.05, 3.63) is 72.9 Å². The van der Waals surface area contributed by atoms with Crippen LogP contribution in [0.4, 0.5) is 0 Å². The van der Waals surface area contributed by atoms with Crippen molar-refractivity contribution >= 4 is 17.9 Å². The van der Waals surface area contributed by atoms with E-state index in [1.165, 1.54) is 141 Å². The molecule has 0 amide bonds. The topological polar surface area (TPSA) is 78.9 Å². The van der Waals surface area contributed by atoms with E-state index in [1.807, 2.05) is 0 Å². The molecule has 6 heteroatoms. The summed E-state index contributed by atoms with van der Waals surface area (Å²) in [4.78, 5) is 38.1. The molecule has 6 nitrogen and oxygen atoms in total. The number of ether oxygens (including phenoxy) is 3. The third-order valence-electron chi connectivity index (χ3n) is 12.2. The maximum Gasteiger partial charge on any atom is 0.306 e. The van der Waals surface area contributed by atoms with Gasteiger partial charge in [-0.1, -0.05) is 261 Å². The molecule has 0 N–H and O–H groups in total. The Kier molecular flexibility index (Phi) is 52.8. The number of carbonyl (C=O) groups excluding carboxylic acids is 3. The molecule has 0 saturated carbocycles. The molecule has 0 aromatic rings. The van der Waals surface area contributed by atoms with E-state index in [0.717, 1.165) is 96.3 Å². The second kappa shape index (κ2) is 55.4. The lowest BCUT2D eigenvalue weighted by atomic mass is 10.0. The highest BCUT2D eigenvalue weighted by molar-refractivity contribution is 5.71. The maximum absolute atomic E-state index is 12.8. The molecule has 1 atom stereocenters. The molecule has 0 bridgehead atoms. The number of hydrogen-bond donors (Lipinski definition) is 0. The Bertz CT molecular complexity index is 1260.